The van der Waals surface area contributed by atoms with Crippen LogP contribution in [0.3, 0.4) is 0 Å². The monoisotopic (exact) mass is 333 g/mol. The van der Waals surface area contributed by atoms with Gasteiger partial charge in [-0.3, -0.25) is 0 Å². The fourth-order valence-electron chi connectivity index (χ4n) is 2.58. The van der Waals surface area contributed by atoms with E-state index >= 15 is 0 Å². The largest absolute Gasteiger partial charge is 0.505 e. The Kier molecular flexibility index (Phi) is 4.22. The highest BCUT2D eigenvalue weighted by molar-refractivity contribution is 6.31. The Balaban J connectivity index is 2.14. The summed E-state index contributed by atoms with van der Waals surface area (Å²) in [5, 5.41) is 19.7. The summed E-state index contributed by atoms with van der Waals surface area (Å²) >= 11 is 5.96. The number of phenolic OH excluding ortho intramolecular Hbond substituents is 1. The van der Waals surface area contributed by atoms with Crippen LogP contribution in [0.2, 0.25) is 5.02 Å². The van der Waals surface area contributed by atoms with Crippen molar-refractivity contribution in [2.75, 3.05) is 0 Å². The molecule has 23 heavy (non-hydrogen) atoms. The zero-order chi connectivity index (χ0) is 16.6. The molecule has 0 spiro atoms. The predicted molar refractivity (Wildman–Crippen MR) is 89.0 cm³/mol. The fourth-order valence-corrected chi connectivity index (χ4v) is 2.75. The lowest BCUT2D eigenvalue weighted by molar-refractivity contribution is 0.309. The molecule has 0 saturated carbocycles. The Morgan fingerprint density at radius 2 is 1.96 bits per heavy atom. The molecule has 0 fully saturated rings. The summed E-state index contributed by atoms with van der Waals surface area (Å²) in [6.45, 7) is 3.76. The van der Waals surface area contributed by atoms with Crippen molar-refractivity contribution in [1.82, 2.24) is 15.0 Å². The molecular weight excluding hydrogens is 317 g/mol. The maximum Gasteiger partial charge on any atom is 0.149 e. The van der Waals surface area contributed by atoms with Gasteiger partial charge in [0.2, 0.25) is 0 Å². The highest BCUT2D eigenvalue weighted by atomic mass is 35.5. The molecule has 1 aromatic heterocycles. The number of nitrogens with zero attached hydrogens (tertiary/aromatic N) is 3. The van der Waals surface area contributed by atoms with Gasteiger partial charge < -0.3 is 5.11 Å². The maximum absolute atomic E-state index is 14.3. The van der Waals surface area contributed by atoms with E-state index in [0.29, 0.717) is 34.6 Å². The van der Waals surface area contributed by atoms with E-state index in [0.717, 1.165) is 5.56 Å². The molecule has 0 amide bonds. The van der Waals surface area contributed by atoms with Crippen LogP contribution >= 0.6 is 11.6 Å². The molecule has 1 N–H and O–H groups in total. The van der Waals surface area contributed by atoms with Gasteiger partial charge in [0.15, 0.2) is 0 Å². The number of fused-ring (bicyclic) bond motifs is 1. The highest BCUT2D eigenvalue weighted by Gasteiger charge is 2.19. The van der Waals surface area contributed by atoms with Gasteiger partial charge >= 0.3 is 0 Å². The Morgan fingerprint density at radius 1 is 1.22 bits per heavy atom. The van der Waals surface area contributed by atoms with Crippen molar-refractivity contribution in [1.29, 1.82) is 0 Å². The van der Waals surface area contributed by atoms with Gasteiger partial charge in [0.05, 0.1) is 0 Å². The van der Waals surface area contributed by atoms with Crippen molar-refractivity contribution < 1.29 is 9.50 Å². The first-order valence-corrected chi connectivity index (χ1v) is 7.88. The summed E-state index contributed by atoms with van der Waals surface area (Å²) in [5.74, 6) is -0.122. The minimum Gasteiger partial charge on any atom is -0.505 e. The third-order valence-electron chi connectivity index (χ3n) is 3.70. The van der Waals surface area contributed by atoms with E-state index in [9.17, 15) is 9.50 Å². The molecule has 4 nitrogen and oxygen atoms in total. The number of aryl methyl sites for hydroxylation is 1. The first-order valence-electron chi connectivity index (χ1n) is 7.50. The van der Waals surface area contributed by atoms with Gasteiger partial charge in [0, 0.05) is 10.6 Å². The predicted octanol–water partition coefficient (Wildman–Crippen LogP) is 4.90. The smallest absolute Gasteiger partial charge is 0.149 e. The first kappa shape index (κ1) is 15.7. The standard InChI is InChI=1S/C17H17ClFN3O/c1-3-4-13(19)12-7-10(2)8-16(17(12)23)22-20-14-6-5-11(18)9-15(14)21-22/h5-9,13,23H,3-4H2,1-2H3. The second-order valence-electron chi connectivity index (χ2n) is 5.60. The van der Waals surface area contributed by atoms with E-state index in [1.807, 2.05) is 13.8 Å². The molecule has 120 valence electrons. The molecule has 0 saturated heterocycles. The van der Waals surface area contributed by atoms with E-state index in [-0.39, 0.29) is 11.3 Å². The number of aromatic nitrogens is 3. The molecule has 3 rings (SSSR count). The van der Waals surface area contributed by atoms with Gasteiger partial charge in [-0.1, -0.05) is 24.9 Å². The zero-order valence-corrected chi connectivity index (χ0v) is 13.7. The van der Waals surface area contributed by atoms with Crippen molar-refractivity contribution in [3.05, 3.63) is 46.5 Å². The number of benzene rings is 2. The minimum atomic E-state index is -1.21. The minimum absolute atomic E-state index is 0.122. The van der Waals surface area contributed by atoms with Gasteiger partial charge in [0.25, 0.3) is 0 Å². The van der Waals surface area contributed by atoms with Crippen molar-refractivity contribution >= 4 is 22.6 Å². The molecule has 0 aliphatic carbocycles. The van der Waals surface area contributed by atoms with Crippen LogP contribution in [-0.4, -0.2) is 20.1 Å². The number of hydrogen-bond donors (Lipinski definition) is 1. The normalized spacial score (nSPS) is 12.7. The Labute approximate surface area is 138 Å². The number of phenols is 1. The second-order valence-corrected chi connectivity index (χ2v) is 6.04. The molecule has 0 aliphatic rings. The van der Waals surface area contributed by atoms with Gasteiger partial charge in [0.1, 0.15) is 28.6 Å². The lowest BCUT2D eigenvalue weighted by atomic mass is 10.0. The third kappa shape index (κ3) is 3.01. The van der Waals surface area contributed by atoms with Crippen molar-refractivity contribution in [2.45, 2.75) is 32.9 Å². The molecule has 2 aromatic carbocycles. The molecule has 0 aliphatic heterocycles. The molecule has 1 atom stereocenters. The van der Waals surface area contributed by atoms with Gasteiger partial charge in [-0.05, 0) is 49.2 Å². The Hall–Kier alpha value is -2.14. The quantitative estimate of drug-likeness (QED) is 0.739. The first-order chi connectivity index (χ1) is 11.0. The van der Waals surface area contributed by atoms with E-state index in [1.54, 1.807) is 30.3 Å². The molecule has 0 radical (unpaired) electrons. The van der Waals surface area contributed by atoms with Crippen molar-refractivity contribution in [3.8, 4) is 11.4 Å². The van der Waals surface area contributed by atoms with Crippen LogP contribution < -0.4 is 0 Å². The molecule has 1 heterocycles. The average molecular weight is 334 g/mol. The van der Waals surface area contributed by atoms with Crippen LogP contribution in [0.15, 0.2) is 30.3 Å². The zero-order valence-electron chi connectivity index (χ0n) is 12.9. The molecule has 0 bridgehead atoms. The summed E-state index contributed by atoms with van der Waals surface area (Å²) < 4.78 is 14.3. The molecule has 6 heteroatoms. The van der Waals surface area contributed by atoms with Crippen molar-refractivity contribution in [3.63, 3.8) is 0 Å². The van der Waals surface area contributed by atoms with E-state index < -0.39 is 6.17 Å². The lowest BCUT2D eigenvalue weighted by Crippen LogP contribution is -2.03. The Morgan fingerprint density at radius 3 is 2.70 bits per heavy atom. The topological polar surface area (TPSA) is 50.9 Å². The van der Waals surface area contributed by atoms with E-state index in [1.165, 1.54) is 4.80 Å². The molecule has 1 unspecified atom stereocenters. The number of aromatic hydroxyl groups is 1. The van der Waals surface area contributed by atoms with Crippen LogP contribution in [0.25, 0.3) is 16.7 Å². The summed E-state index contributed by atoms with van der Waals surface area (Å²) in [7, 11) is 0. The van der Waals surface area contributed by atoms with Gasteiger partial charge in [-0.15, -0.1) is 15.0 Å². The van der Waals surface area contributed by atoms with Crippen LogP contribution in [0.5, 0.6) is 5.75 Å². The summed E-state index contributed by atoms with van der Waals surface area (Å²) in [6, 6.07) is 8.58. The van der Waals surface area contributed by atoms with Crippen LogP contribution in [0.4, 0.5) is 4.39 Å². The number of alkyl halides is 1. The maximum atomic E-state index is 14.3. The van der Waals surface area contributed by atoms with Crippen LogP contribution in [0.1, 0.15) is 37.1 Å². The van der Waals surface area contributed by atoms with Crippen molar-refractivity contribution in [2.24, 2.45) is 0 Å². The SMILES string of the molecule is CCCC(F)c1cc(C)cc(-n2nc3ccc(Cl)cc3n2)c1O. The van der Waals surface area contributed by atoms with Crippen LogP contribution in [0, 0.1) is 6.92 Å². The lowest BCUT2D eigenvalue weighted by Gasteiger charge is -2.13. The molecular formula is C17H17ClFN3O. The summed E-state index contributed by atoms with van der Waals surface area (Å²) in [6.07, 6.45) is -0.148. The van der Waals surface area contributed by atoms with Gasteiger partial charge in [-0.25, -0.2) is 4.39 Å². The Bertz CT molecular complexity index is 862. The fraction of sp³-hybridized carbons (Fsp3) is 0.294. The molecule has 3 aromatic rings. The highest BCUT2D eigenvalue weighted by Crippen LogP contribution is 2.35. The van der Waals surface area contributed by atoms with Crippen LogP contribution in [-0.2, 0) is 0 Å². The van der Waals surface area contributed by atoms with E-state index in [4.69, 9.17) is 11.6 Å². The van der Waals surface area contributed by atoms with E-state index in [2.05, 4.69) is 10.2 Å². The van der Waals surface area contributed by atoms with Gasteiger partial charge in [-0.2, -0.15) is 0 Å². The number of rotatable bonds is 4. The third-order valence-corrected chi connectivity index (χ3v) is 3.94. The summed E-state index contributed by atoms with van der Waals surface area (Å²) in [4.78, 5) is 1.32. The number of halogens is 2. The second kappa shape index (κ2) is 6.16. The number of hydrogen-bond acceptors (Lipinski definition) is 3. The summed E-state index contributed by atoms with van der Waals surface area (Å²) in [5.41, 5.74) is 2.76. The average Bonchev–Trinajstić information content (AvgIpc) is 2.92.